The summed E-state index contributed by atoms with van der Waals surface area (Å²) in [6.45, 7) is 4.05. The van der Waals surface area contributed by atoms with Crippen molar-refractivity contribution in [3.63, 3.8) is 0 Å². The number of pyridine rings is 1. The van der Waals surface area contributed by atoms with E-state index in [1.54, 1.807) is 43.7 Å². The van der Waals surface area contributed by atoms with Gasteiger partial charge in [-0.1, -0.05) is 0 Å². The molecule has 0 aliphatic rings. The van der Waals surface area contributed by atoms with Crippen molar-refractivity contribution in [3.8, 4) is 0 Å². The number of aryl methyl sites for hydroxylation is 2. The molecule has 5 nitrogen and oxygen atoms in total. The molecule has 21 heavy (non-hydrogen) atoms. The molecule has 0 aliphatic carbocycles. The number of hydrogen-bond donors (Lipinski definition) is 1. The van der Waals surface area contributed by atoms with E-state index in [4.69, 9.17) is 5.73 Å². The van der Waals surface area contributed by atoms with Crippen LogP contribution in [0.25, 0.3) is 0 Å². The van der Waals surface area contributed by atoms with Crippen LogP contribution in [-0.4, -0.2) is 24.8 Å². The Labute approximate surface area is 125 Å². The lowest BCUT2D eigenvalue weighted by Crippen LogP contribution is -2.27. The first kappa shape index (κ1) is 15.5. The summed E-state index contributed by atoms with van der Waals surface area (Å²) < 4.78 is 26.6. The molecule has 1 heterocycles. The highest BCUT2D eigenvalue weighted by Crippen LogP contribution is 2.25. The fourth-order valence-electron chi connectivity index (χ4n) is 2.03. The molecule has 6 heteroatoms. The topological polar surface area (TPSA) is 76.3 Å². The van der Waals surface area contributed by atoms with E-state index < -0.39 is 10.0 Å². The Morgan fingerprint density at radius 2 is 1.71 bits per heavy atom. The van der Waals surface area contributed by atoms with Crippen molar-refractivity contribution >= 4 is 15.7 Å². The number of nitrogens with two attached hydrogens (primary N) is 1. The molecule has 0 saturated carbocycles. The number of benzene rings is 1. The van der Waals surface area contributed by atoms with Gasteiger partial charge >= 0.3 is 0 Å². The summed E-state index contributed by atoms with van der Waals surface area (Å²) in [5, 5.41) is 0. The summed E-state index contributed by atoms with van der Waals surface area (Å²) in [6, 6.07) is 6.90. The molecule has 0 amide bonds. The first-order valence-electron chi connectivity index (χ1n) is 6.54. The van der Waals surface area contributed by atoms with Gasteiger partial charge in [0, 0.05) is 26.0 Å². The summed E-state index contributed by atoms with van der Waals surface area (Å²) >= 11 is 0. The zero-order valence-corrected chi connectivity index (χ0v) is 13.2. The Hall–Kier alpha value is -1.92. The Kier molecular flexibility index (Phi) is 4.29. The molecule has 112 valence electrons. The molecule has 2 aromatic rings. The van der Waals surface area contributed by atoms with E-state index in [2.05, 4.69) is 4.98 Å². The van der Waals surface area contributed by atoms with Gasteiger partial charge in [-0.15, -0.1) is 0 Å². The summed E-state index contributed by atoms with van der Waals surface area (Å²) in [7, 11) is -2.07. The first-order chi connectivity index (χ1) is 9.82. The van der Waals surface area contributed by atoms with Crippen LogP contribution in [-0.2, 0) is 16.6 Å². The zero-order chi connectivity index (χ0) is 15.6. The van der Waals surface area contributed by atoms with E-state index in [-0.39, 0.29) is 17.1 Å². The predicted molar refractivity (Wildman–Crippen MR) is 83.2 cm³/mol. The highest BCUT2D eigenvalue weighted by atomic mass is 32.2. The van der Waals surface area contributed by atoms with Gasteiger partial charge in [0.15, 0.2) is 0 Å². The maximum atomic E-state index is 12.7. The molecule has 0 saturated heterocycles. The number of sulfonamides is 1. The van der Waals surface area contributed by atoms with Gasteiger partial charge in [-0.2, -0.15) is 4.31 Å². The van der Waals surface area contributed by atoms with Crippen LogP contribution >= 0.6 is 0 Å². The third kappa shape index (κ3) is 3.22. The highest BCUT2D eigenvalue weighted by Gasteiger charge is 2.24. The largest absolute Gasteiger partial charge is 0.398 e. The van der Waals surface area contributed by atoms with E-state index in [0.717, 1.165) is 16.7 Å². The molecule has 0 radical (unpaired) electrons. The van der Waals surface area contributed by atoms with Gasteiger partial charge < -0.3 is 5.73 Å². The van der Waals surface area contributed by atoms with Crippen LogP contribution in [0.5, 0.6) is 0 Å². The fraction of sp³-hybridized carbons (Fsp3) is 0.267. The molecule has 2 N–H and O–H groups in total. The van der Waals surface area contributed by atoms with Crippen molar-refractivity contribution in [2.45, 2.75) is 25.3 Å². The van der Waals surface area contributed by atoms with E-state index in [9.17, 15) is 8.42 Å². The van der Waals surface area contributed by atoms with Crippen molar-refractivity contribution in [1.82, 2.24) is 9.29 Å². The average molecular weight is 305 g/mol. The van der Waals surface area contributed by atoms with Crippen LogP contribution in [0.1, 0.15) is 16.7 Å². The maximum absolute atomic E-state index is 12.7. The number of nitrogens with zero attached hydrogens (tertiary/aromatic N) is 2. The summed E-state index contributed by atoms with van der Waals surface area (Å²) in [5.41, 5.74) is 8.92. The van der Waals surface area contributed by atoms with Crippen molar-refractivity contribution in [3.05, 3.63) is 53.3 Å². The smallest absolute Gasteiger partial charge is 0.245 e. The lowest BCUT2D eigenvalue weighted by molar-refractivity contribution is 0.467. The third-order valence-electron chi connectivity index (χ3n) is 3.47. The molecule has 0 unspecified atom stereocenters. The minimum absolute atomic E-state index is 0.155. The van der Waals surface area contributed by atoms with Crippen molar-refractivity contribution in [2.24, 2.45) is 0 Å². The Morgan fingerprint density at radius 1 is 1.14 bits per heavy atom. The van der Waals surface area contributed by atoms with E-state index in [0.29, 0.717) is 0 Å². The van der Waals surface area contributed by atoms with Crippen LogP contribution in [0.3, 0.4) is 0 Å². The minimum Gasteiger partial charge on any atom is -0.398 e. The molecule has 0 atom stereocenters. The molecule has 0 spiro atoms. The van der Waals surface area contributed by atoms with Gasteiger partial charge in [0.25, 0.3) is 0 Å². The van der Waals surface area contributed by atoms with Crippen molar-refractivity contribution < 1.29 is 8.42 Å². The van der Waals surface area contributed by atoms with E-state index in [1.165, 1.54) is 4.31 Å². The number of anilines is 1. The van der Waals surface area contributed by atoms with Gasteiger partial charge in [-0.3, -0.25) is 4.98 Å². The molecule has 2 rings (SSSR count). The van der Waals surface area contributed by atoms with E-state index >= 15 is 0 Å². The minimum atomic E-state index is -3.62. The van der Waals surface area contributed by atoms with Crippen LogP contribution in [0.15, 0.2) is 41.6 Å². The van der Waals surface area contributed by atoms with E-state index in [1.807, 2.05) is 13.8 Å². The van der Waals surface area contributed by atoms with Crippen LogP contribution < -0.4 is 5.73 Å². The van der Waals surface area contributed by atoms with Crippen molar-refractivity contribution in [1.29, 1.82) is 0 Å². The average Bonchev–Trinajstić information content (AvgIpc) is 2.43. The van der Waals surface area contributed by atoms with Crippen LogP contribution in [0.2, 0.25) is 0 Å². The number of aromatic nitrogens is 1. The second kappa shape index (κ2) is 5.83. The first-order valence-corrected chi connectivity index (χ1v) is 7.98. The highest BCUT2D eigenvalue weighted by molar-refractivity contribution is 7.89. The van der Waals surface area contributed by atoms with Gasteiger partial charge in [0.1, 0.15) is 4.90 Å². The molecule has 1 aromatic carbocycles. The molecular formula is C15H19N3O2S. The zero-order valence-electron chi connectivity index (χ0n) is 12.4. The van der Waals surface area contributed by atoms with Gasteiger partial charge in [0.05, 0.1) is 5.69 Å². The summed E-state index contributed by atoms with van der Waals surface area (Å²) in [4.78, 5) is 4.08. The molecule has 0 fully saturated rings. The lowest BCUT2D eigenvalue weighted by Gasteiger charge is -2.19. The molecule has 1 aromatic heterocycles. The van der Waals surface area contributed by atoms with Crippen molar-refractivity contribution in [2.75, 3.05) is 12.8 Å². The second-order valence-corrected chi connectivity index (χ2v) is 7.10. The molecular weight excluding hydrogens is 286 g/mol. The maximum Gasteiger partial charge on any atom is 0.245 e. The van der Waals surface area contributed by atoms with Gasteiger partial charge in [0.2, 0.25) is 10.0 Å². The lowest BCUT2D eigenvalue weighted by atomic mass is 10.1. The standard InChI is InChI=1S/C15H19N3O2S/c1-11-8-14(16)15(9-12(11)2)21(19,20)18(3)10-13-4-6-17-7-5-13/h4-9H,10,16H2,1-3H3. The normalized spacial score (nSPS) is 11.8. The number of rotatable bonds is 4. The second-order valence-electron chi connectivity index (χ2n) is 5.09. The monoisotopic (exact) mass is 305 g/mol. The fourth-order valence-corrected chi connectivity index (χ4v) is 3.37. The number of hydrogen-bond acceptors (Lipinski definition) is 4. The predicted octanol–water partition coefficient (Wildman–Crippen LogP) is 2.10. The Bertz CT molecular complexity index is 743. The van der Waals surface area contributed by atoms with Crippen LogP contribution in [0.4, 0.5) is 5.69 Å². The Morgan fingerprint density at radius 3 is 2.33 bits per heavy atom. The van der Waals surface area contributed by atoms with Gasteiger partial charge in [-0.05, 0) is 54.8 Å². The van der Waals surface area contributed by atoms with Gasteiger partial charge in [-0.25, -0.2) is 8.42 Å². The Balaban J connectivity index is 2.36. The van der Waals surface area contributed by atoms with Crippen LogP contribution in [0, 0.1) is 13.8 Å². The SMILES string of the molecule is Cc1cc(N)c(S(=O)(=O)N(C)Cc2ccncc2)cc1C. The molecule has 0 aliphatic heterocycles. The molecule has 0 bridgehead atoms. The quantitative estimate of drug-likeness (QED) is 0.878. The summed E-state index contributed by atoms with van der Waals surface area (Å²) in [5.74, 6) is 0. The number of nitrogen functional groups attached to an aromatic ring is 1. The summed E-state index contributed by atoms with van der Waals surface area (Å²) in [6.07, 6.45) is 3.28. The third-order valence-corrected chi connectivity index (χ3v) is 5.33.